The average molecular weight is 292 g/mol. The number of carboxylic acids is 1. The van der Waals surface area contributed by atoms with Gasteiger partial charge in [0.05, 0.1) is 0 Å². The Bertz CT molecular complexity index is 758. The van der Waals surface area contributed by atoms with Gasteiger partial charge in [0.2, 0.25) is 0 Å². The van der Waals surface area contributed by atoms with E-state index in [2.05, 4.69) is 0 Å². The summed E-state index contributed by atoms with van der Waals surface area (Å²) in [5.41, 5.74) is 4.18. The normalized spacial score (nSPS) is 16.2. The predicted molar refractivity (Wildman–Crippen MR) is 84.9 cm³/mol. The van der Waals surface area contributed by atoms with Crippen LogP contribution in [-0.4, -0.2) is 16.9 Å². The van der Waals surface area contributed by atoms with E-state index in [-0.39, 0.29) is 5.78 Å². The molecule has 0 radical (unpaired) electrons. The third-order valence-electron chi connectivity index (χ3n) is 3.97. The lowest BCUT2D eigenvalue weighted by atomic mass is 9.92. The predicted octanol–water partition coefficient (Wildman–Crippen LogP) is 3.88. The van der Waals surface area contributed by atoms with Gasteiger partial charge in [-0.3, -0.25) is 4.79 Å². The van der Waals surface area contributed by atoms with Crippen molar-refractivity contribution in [2.45, 2.75) is 19.3 Å². The molecule has 0 atom stereocenters. The molecule has 0 amide bonds. The van der Waals surface area contributed by atoms with E-state index in [9.17, 15) is 9.59 Å². The highest BCUT2D eigenvalue weighted by Gasteiger charge is 2.22. The molecular weight excluding hydrogens is 276 g/mol. The SMILES string of the molecule is O=C(O)/C=C1\CCCc2c(cccc2-c2ccccc2)C1=O. The van der Waals surface area contributed by atoms with E-state index >= 15 is 0 Å². The fourth-order valence-electron chi connectivity index (χ4n) is 2.99. The lowest BCUT2D eigenvalue weighted by Gasteiger charge is -2.12. The smallest absolute Gasteiger partial charge is 0.328 e. The topological polar surface area (TPSA) is 54.4 Å². The average Bonchev–Trinajstić information content (AvgIpc) is 2.68. The van der Waals surface area contributed by atoms with Gasteiger partial charge in [0.25, 0.3) is 0 Å². The fraction of sp³-hybridized carbons (Fsp3) is 0.158. The first-order valence-corrected chi connectivity index (χ1v) is 7.32. The van der Waals surface area contributed by atoms with Gasteiger partial charge in [0, 0.05) is 17.2 Å². The lowest BCUT2D eigenvalue weighted by molar-refractivity contribution is -0.131. The van der Waals surface area contributed by atoms with E-state index in [0.29, 0.717) is 17.6 Å². The zero-order valence-electron chi connectivity index (χ0n) is 12.1. The molecule has 0 aromatic heterocycles. The molecule has 0 spiro atoms. The molecule has 22 heavy (non-hydrogen) atoms. The third kappa shape index (κ3) is 2.70. The number of fused-ring (bicyclic) bond motifs is 1. The highest BCUT2D eigenvalue weighted by atomic mass is 16.4. The second-order valence-electron chi connectivity index (χ2n) is 5.39. The van der Waals surface area contributed by atoms with Crippen LogP contribution in [0.3, 0.4) is 0 Å². The van der Waals surface area contributed by atoms with Crippen molar-refractivity contribution in [3.05, 3.63) is 71.3 Å². The summed E-state index contributed by atoms with van der Waals surface area (Å²) in [6.45, 7) is 0. The number of hydrogen-bond acceptors (Lipinski definition) is 2. The Morgan fingerprint density at radius 2 is 1.68 bits per heavy atom. The minimum Gasteiger partial charge on any atom is -0.478 e. The molecule has 2 aromatic rings. The van der Waals surface area contributed by atoms with Crippen molar-refractivity contribution in [2.75, 3.05) is 0 Å². The number of carbonyl (C=O) groups excluding carboxylic acids is 1. The molecule has 3 heteroatoms. The van der Waals surface area contributed by atoms with Crippen LogP contribution in [0.4, 0.5) is 0 Å². The molecule has 0 bridgehead atoms. The Kier molecular flexibility index (Phi) is 3.88. The van der Waals surface area contributed by atoms with Gasteiger partial charge in [-0.05, 0) is 36.0 Å². The molecule has 0 heterocycles. The molecule has 0 saturated heterocycles. The van der Waals surface area contributed by atoms with Crippen LogP contribution in [0, 0.1) is 0 Å². The summed E-state index contributed by atoms with van der Waals surface area (Å²) in [4.78, 5) is 23.5. The molecular formula is C19H16O3. The summed E-state index contributed by atoms with van der Waals surface area (Å²) in [6, 6.07) is 15.6. The molecule has 1 aliphatic rings. The highest BCUT2D eigenvalue weighted by Crippen LogP contribution is 2.32. The monoisotopic (exact) mass is 292 g/mol. The van der Waals surface area contributed by atoms with Crippen molar-refractivity contribution in [2.24, 2.45) is 0 Å². The summed E-state index contributed by atoms with van der Waals surface area (Å²) < 4.78 is 0. The number of ketones is 1. The van der Waals surface area contributed by atoms with Crippen molar-refractivity contribution in [1.82, 2.24) is 0 Å². The first-order valence-electron chi connectivity index (χ1n) is 7.32. The first kappa shape index (κ1) is 14.3. The van der Waals surface area contributed by atoms with E-state index in [4.69, 9.17) is 5.11 Å². The van der Waals surface area contributed by atoms with Crippen LogP contribution >= 0.6 is 0 Å². The molecule has 1 aliphatic carbocycles. The molecule has 2 aromatic carbocycles. The second kappa shape index (κ2) is 5.98. The number of Topliss-reactive ketones (excluding diaryl/α,β-unsaturated/α-hetero) is 1. The van der Waals surface area contributed by atoms with Gasteiger partial charge in [-0.25, -0.2) is 4.79 Å². The first-order chi connectivity index (χ1) is 10.7. The van der Waals surface area contributed by atoms with Crippen molar-refractivity contribution in [1.29, 1.82) is 0 Å². The molecule has 3 nitrogen and oxygen atoms in total. The standard InChI is InChI=1S/C19H16O3/c20-18(21)12-14-8-4-10-16-15(13-6-2-1-3-7-13)9-5-11-17(16)19(14)22/h1-3,5-7,9,11-12H,4,8,10H2,(H,20,21)/b14-12+. The van der Waals surface area contributed by atoms with Crippen LogP contribution in [0.5, 0.6) is 0 Å². The molecule has 0 saturated carbocycles. The third-order valence-corrected chi connectivity index (χ3v) is 3.97. The highest BCUT2D eigenvalue weighted by molar-refractivity contribution is 6.13. The molecule has 1 N–H and O–H groups in total. The number of rotatable bonds is 2. The minimum atomic E-state index is -1.06. The number of carboxylic acid groups (broad SMARTS) is 1. The van der Waals surface area contributed by atoms with Crippen molar-refractivity contribution in [3.63, 3.8) is 0 Å². The Morgan fingerprint density at radius 3 is 2.41 bits per heavy atom. The van der Waals surface area contributed by atoms with E-state index in [1.54, 1.807) is 6.07 Å². The van der Waals surface area contributed by atoms with Gasteiger partial charge in [-0.15, -0.1) is 0 Å². The van der Waals surface area contributed by atoms with E-state index in [1.165, 1.54) is 0 Å². The largest absolute Gasteiger partial charge is 0.478 e. The van der Waals surface area contributed by atoms with Gasteiger partial charge in [0.1, 0.15) is 0 Å². The zero-order valence-corrected chi connectivity index (χ0v) is 12.1. The maximum atomic E-state index is 12.6. The quantitative estimate of drug-likeness (QED) is 0.675. The summed E-state index contributed by atoms with van der Waals surface area (Å²) in [7, 11) is 0. The van der Waals surface area contributed by atoms with Gasteiger partial charge >= 0.3 is 5.97 Å². The van der Waals surface area contributed by atoms with Gasteiger partial charge in [-0.2, -0.15) is 0 Å². The maximum Gasteiger partial charge on any atom is 0.328 e. The number of carbonyl (C=O) groups is 2. The van der Waals surface area contributed by atoms with Crippen LogP contribution in [-0.2, 0) is 11.2 Å². The molecule has 0 fully saturated rings. The summed E-state index contributed by atoms with van der Waals surface area (Å²) >= 11 is 0. The van der Waals surface area contributed by atoms with Crippen molar-refractivity contribution < 1.29 is 14.7 Å². The summed E-state index contributed by atoms with van der Waals surface area (Å²) in [5, 5.41) is 8.93. The van der Waals surface area contributed by atoms with E-state index < -0.39 is 5.97 Å². The van der Waals surface area contributed by atoms with Crippen molar-refractivity contribution >= 4 is 11.8 Å². The lowest BCUT2D eigenvalue weighted by Crippen LogP contribution is -2.06. The number of benzene rings is 2. The molecule has 0 unspecified atom stereocenters. The summed E-state index contributed by atoms with van der Waals surface area (Å²) in [5.74, 6) is -1.22. The Hall–Kier alpha value is -2.68. The Balaban J connectivity index is 2.13. The number of allylic oxidation sites excluding steroid dienone is 1. The van der Waals surface area contributed by atoms with E-state index in [0.717, 1.165) is 35.6 Å². The van der Waals surface area contributed by atoms with Crippen LogP contribution in [0.2, 0.25) is 0 Å². The van der Waals surface area contributed by atoms with E-state index in [1.807, 2.05) is 42.5 Å². The summed E-state index contributed by atoms with van der Waals surface area (Å²) in [6.07, 6.45) is 3.12. The van der Waals surface area contributed by atoms with Gasteiger partial charge in [-0.1, -0.05) is 48.5 Å². The van der Waals surface area contributed by atoms with Crippen LogP contribution in [0.25, 0.3) is 11.1 Å². The zero-order chi connectivity index (χ0) is 15.5. The molecule has 110 valence electrons. The fourth-order valence-corrected chi connectivity index (χ4v) is 2.99. The van der Waals surface area contributed by atoms with Crippen LogP contribution in [0.15, 0.2) is 60.2 Å². The maximum absolute atomic E-state index is 12.6. The molecule has 3 rings (SSSR count). The van der Waals surface area contributed by atoms with Crippen LogP contribution < -0.4 is 0 Å². The van der Waals surface area contributed by atoms with Gasteiger partial charge < -0.3 is 5.11 Å². The minimum absolute atomic E-state index is 0.160. The number of aliphatic carboxylic acids is 1. The second-order valence-corrected chi connectivity index (χ2v) is 5.39. The Morgan fingerprint density at radius 1 is 0.955 bits per heavy atom. The molecule has 0 aliphatic heterocycles. The Labute approximate surface area is 128 Å². The van der Waals surface area contributed by atoms with Crippen LogP contribution in [0.1, 0.15) is 28.8 Å². The van der Waals surface area contributed by atoms with Gasteiger partial charge in [0.15, 0.2) is 5.78 Å². The number of hydrogen-bond donors (Lipinski definition) is 1. The van der Waals surface area contributed by atoms with Crippen molar-refractivity contribution in [3.8, 4) is 11.1 Å².